The van der Waals surface area contributed by atoms with Crippen LogP contribution in [0.4, 0.5) is 11.6 Å². The SMILES string of the molecule is Cc1cc(Nc2nc(S(=O)Cc3ccc(C(=O)O)cc3)nn3cccc23)n[nH]1. The molecule has 0 saturated heterocycles. The highest BCUT2D eigenvalue weighted by atomic mass is 32.2. The van der Waals surface area contributed by atoms with Crippen molar-refractivity contribution < 1.29 is 14.1 Å². The van der Waals surface area contributed by atoms with Gasteiger partial charge in [0.1, 0.15) is 5.52 Å². The van der Waals surface area contributed by atoms with Gasteiger partial charge >= 0.3 is 5.97 Å². The molecule has 0 spiro atoms. The molecule has 0 fully saturated rings. The van der Waals surface area contributed by atoms with Crippen LogP contribution in [0.2, 0.25) is 0 Å². The maximum atomic E-state index is 12.8. The number of aryl methyl sites for hydroxylation is 1. The zero-order valence-electron chi connectivity index (χ0n) is 14.8. The highest BCUT2D eigenvalue weighted by molar-refractivity contribution is 7.84. The lowest BCUT2D eigenvalue weighted by Gasteiger charge is -2.08. The Morgan fingerprint density at radius 2 is 2.07 bits per heavy atom. The maximum absolute atomic E-state index is 12.8. The Labute approximate surface area is 161 Å². The molecule has 0 amide bonds. The molecule has 3 heterocycles. The highest BCUT2D eigenvalue weighted by Gasteiger charge is 2.15. The first-order valence-electron chi connectivity index (χ1n) is 8.34. The van der Waals surface area contributed by atoms with Crippen LogP contribution in [0.5, 0.6) is 0 Å². The van der Waals surface area contributed by atoms with E-state index in [9.17, 15) is 9.00 Å². The van der Waals surface area contributed by atoms with Crippen molar-refractivity contribution in [2.75, 3.05) is 5.32 Å². The Bertz CT molecular complexity index is 1180. The number of benzene rings is 1. The molecule has 3 N–H and O–H groups in total. The Balaban J connectivity index is 1.62. The number of hydrogen-bond donors (Lipinski definition) is 3. The number of aromatic nitrogens is 5. The summed E-state index contributed by atoms with van der Waals surface area (Å²) in [5.74, 6) is 0.267. The summed E-state index contributed by atoms with van der Waals surface area (Å²) >= 11 is 0. The summed E-state index contributed by atoms with van der Waals surface area (Å²) in [7, 11) is -1.51. The second kappa shape index (κ2) is 7.24. The normalized spacial score (nSPS) is 12.2. The molecule has 0 radical (unpaired) electrons. The molecule has 9 nitrogen and oxygen atoms in total. The predicted octanol–water partition coefficient (Wildman–Crippen LogP) is 2.51. The Morgan fingerprint density at radius 3 is 2.75 bits per heavy atom. The number of carbonyl (C=O) groups is 1. The number of aromatic amines is 1. The van der Waals surface area contributed by atoms with Gasteiger partial charge in [0, 0.05) is 18.0 Å². The standard InChI is InChI=1S/C18H16N6O3S/c1-11-9-15(22-21-11)19-16-14-3-2-8-24(14)23-18(20-16)28(27)10-12-4-6-13(7-5-12)17(25)26/h2-9H,10H2,1H3,(H,25,26)(H2,19,20,21,22,23). The van der Waals surface area contributed by atoms with Crippen LogP contribution in [0, 0.1) is 6.92 Å². The quantitative estimate of drug-likeness (QED) is 0.457. The molecule has 4 aromatic rings. The third-order valence-corrected chi connectivity index (χ3v) is 5.20. The van der Waals surface area contributed by atoms with E-state index in [0.717, 1.165) is 16.8 Å². The summed E-state index contributed by atoms with van der Waals surface area (Å²) in [6.07, 6.45) is 1.75. The van der Waals surface area contributed by atoms with E-state index < -0.39 is 16.8 Å². The smallest absolute Gasteiger partial charge is 0.335 e. The lowest BCUT2D eigenvalue weighted by Crippen LogP contribution is -2.09. The Hall–Kier alpha value is -3.53. The second-order valence-electron chi connectivity index (χ2n) is 6.13. The van der Waals surface area contributed by atoms with E-state index >= 15 is 0 Å². The molecule has 4 rings (SSSR count). The number of carboxylic acids is 1. The van der Waals surface area contributed by atoms with E-state index in [2.05, 4.69) is 25.6 Å². The average molecular weight is 396 g/mol. The van der Waals surface area contributed by atoms with E-state index in [-0.39, 0.29) is 16.5 Å². The minimum Gasteiger partial charge on any atom is -0.478 e. The van der Waals surface area contributed by atoms with Gasteiger partial charge in [-0.05, 0) is 36.8 Å². The second-order valence-corrected chi connectivity index (χ2v) is 7.48. The summed E-state index contributed by atoms with van der Waals surface area (Å²) in [4.78, 5) is 15.4. The highest BCUT2D eigenvalue weighted by Crippen LogP contribution is 2.21. The number of anilines is 2. The molecule has 142 valence electrons. The third kappa shape index (κ3) is 3.62. The molecular weight excluding hydrogens is 380 g/mol. The van der Waals surface area contributed by atoms with Gasteiger partial charge in [-0.2, -0.15) is 10.1 Å². The van der Waals surface area contributed by atoms with Gasteiger partial charge in [0.05, 0.1) is 22.1 Å². The Kier molecular flexibility index (Phi) is 4.62. The van der Waals surface area contributed by atoms with Crippen molar-refractivity contribution in [2.24, 2.45) is 0 Å². The summed E-state index contributed by atoms with van der Waals surface area (Å²) < 4.78 is 14.4. The van der Waals surface area contributed by atoms with Crippen molar-refractivity contribution in [3.8, 4) is 0 Å². The summed E-state index contributed by atoms with van der Waals surface area (Å²) in [5, 5.41) is 23.6. The first-order valence-corrected chi connectivity index (χ1v) is 9.66. The molecule has 1 aromatic carbocycles. The molecule has 0 bridgehead atoms. The van der Waals surface area contributed by atoms with Crippen molar-refractivity contribution in [2.45, 2.75) is 17.8 Å². The summed E-state index contributed by atoms with van der Waals surface area (Å²) in [5.41, 5.74) is 2.54. The van der Waals surface area contributed by atoms with E-state index in [4.69, 9.17) is 5.11 Å². The van der Waals surface area contributed by atoms with Crippen LogP contribution in [0.15, 0.2) is 53.8 Å². The minimum absolute atomic E-state index is 0.167. The van der Waals surface area contributed by atoms with Crippen molar-refractivity contribution in [1.29, 1.82) is 0 Å². The number of rotatable bonds is 6. The molecule has 0 aliphatic heterocycles. The summed E-state index contributed by atoms with van der Waals surface area (Å²) in [6.45, 7) is 1.89. The number of fused-ring (bicyclic) bond motifs is 1. The van der Waals surface area contributed by atoms with Gasteiger partial charge in [0.25, 0.3) is 0 Å². The van der Waals surface area contributed by atoms with Gasteiger partial charge in [-0.15, -0.1) is 5.10 Å². The molecule has 3 aromatic heterocycles. The van der Waals surface area contributed by atoms with Gasteiger partial charge in [-0.1, -0.05) is 12.1 Å². The molecule has 1 atom stereocenters. The number of carboxylic acid groups (broad SMARTS) is 1. The fourth-order valence-electron chi connectivity index (χ4n) is 2.67. The number of hydrogen-bond acceptors (Lipinski definition) is 6. The van der Waals surface area contributed by atoms with Crippen molar-refractivity contribution in [1.82, 2.24) is 24.8 Å². The van der Waals surface area contributed by atoms with E-state index in [1.165, 1.54) is 12.1 Å². The zero-order chi connectivity index (χ0) is 19.7. The molecule has 0 saturated carbocycles. The molecule has 28 heavy (non-hydrogen) atoms. The lowest BCUT2D eigenvalue weighted by molar-refractivity contribution is 0.0697. The third-order valence-electron chi connectivity index (χ3n) is 4.03. The van der Waals surface area contributed by atoms with Gasteiger partial charge < -0.3 is 10.4 Å². The molecule has 10 heteroatoms. The van der Waals surface area contributed by atoms with Crippen molar-refractivity contribution >= 4 is 33.9 Å². The largest absolute Gasteiger partial charge is 0.478 e. The molecule has 0 aliphatic rings. The topological polar surface area (TPSA) is 125 Å². The van der Waals surface area contributed by atoms with Crippen molar-refractivity contribution in [3.63, 3.8) is 0 Å². The Morgan fingerprint density at radius 1 is 1.29 bits per heavy atom. The predicted molar refractivity (Wildman–Crippen MR) is 103 cm³/mol. The van der Waals surface area contributed by atoms with E-state index in [1.807, 2.05) is 25.1 Å². The van der Waals surface area contributed by atoms with Crippen LogP contribution < -0.4 is 5.32 Å². The van der Waals surface area contributed by atoms with Crippen molar-refractivity contribution in [3.05, 3.63) is 65.5 Å². The number of H-pyrrole nitrogens is 1. The number of aromatic carboxylic acids is 1. The van der Waals surface area contributed by atoms with Gasteiger partial charge in [-0.25, -0.2) is 9.31 Å². The van der Waals surface area contributed by atoms with Gasteiger partial charge in [0.15, 0.2) is 11.6 Å². The minimum atomic E-state index is -1.51. The van der Waals surface area contributed by atoms with Crippen LogP contribution >= 0.6 is 0 Å². The molecule has 1 unspecified atom stereocenters. The van der Waals surface area contributed by atoms with E-state index in [0.29, 0.717) is 11.6 Å². The first kappa shape index (κ1) is 17.9. The fraction of sp³-hybridized carbons (Fsp3) is 0.111. The monoisotopic (exact) mass is 396 g/mol. The zero-order valence-corrected chi connectivity index (χ0v) is 15.6. The van der Waals surface area contributed by atoms with Crippen LogP contribution in [0.3, 0.4) is 0 Å². The van der Waals surface area contributed by atoms with Crippen LogP contribution in [-0.2, 0) is 16.6 Å². The van der Waals surface area contributed by atoms with Crippen LogP contribution in [0.1, 0.15) is 21.6 Å². The average Bonchev–Trinajstić information content (AvgIpc) is 3.31. The van der Waals surface area contributed by atoms with Gasteiger partial charge in [0.2, 0.25) is 5.16 Å². The van der Waals surface area contributed by atoms with Crippen LogP contribution in [0.25, 0.3) is 5.52 Å². The first-order chi connectivity index (χ1) is 13.5. The van der Waals surface area contributed by atoms with Crippen LogP contribution in [-0.4, -0.2) is 40.1 Å². The lowest BCUT2D eigenvalue weighted by atomic mass is 10.1. The number of nitrogens with one attached hydrogen (secondary N) is 2. The summed E-state index contributed by atoms with van der Waals surface area (Å²) in [6, 6.07) is 11.8. The number of nitrogens with zero attached hydrogens (tertiary/aromatic N) is 4. The molecule has 0 aliphatic carbocycles. The fourth-order valence-corrected chi connectivity index (χ4v) is 3.66. The molecular formula is C18H16N6O3S. The van der Waals surface area contributed by atoms with E-state index in [1.54, 1.807) is 22.8 Å². The maximum Gasteiger partial charge on any atom is 0.335 e. The van der Waals surface area contributed by atoms with Gasteiger partial charge in [-0.3, -0.25) is 9.31 Å².